The van der Waals surface area contributed by atoms with Gasteiger partial charge in [0.05, 0.1) is 23.3 Å². The van der Waals surface area contributed by atoms with Gasteiger partial charge in [0.2, 0.25) is 5.78 Å². The molecule has 0 fully saturated rings. The Morgan fingerprint density at radius 3 is 1.92 bits per heavy atom. The lowest BCUT2D eigenvalue weighted by Crippen LogP contribution is -2.27. The summed E-state index contributed by atoms with van der Waals surface area (Å²) in [5.41, 5.74) is 1.42. The third kappa shape index (κ3) is 5.54. The lowest BCUT2D eigenvalue weighted by atomic mass is 10.00. The second-order valence-electron chi connectivity index (χ2n) is 8.10. The predicted octanol–water partition coefficient (Wildman–Crippen LogP) is 5.30. The minimum Gasteiger partial charge on any atom is -0.495 e. The number of methoxy groups -OCH3 is 1. The van der Waals surface area contributed by atoms with Crippen molar-refractivity contribution in [3.63, 3.8) is 0 Å². The monoisotopic (exact) mass is 515 g/mol. The second-order valence-corrected chi connectivity index (χ2v) is 10.1. The minimum atomic E-state index is -3.94. The number of ketones is 1. The van der Waals surface area contributed by atoms with Crippen molar-refractivity contribution in [1.82, 2.24) is 0 Å². The fraction of sp³-hybridized carbons (Fsp3) is 0.103. The Bertz CT molecular complexity index is 1490. The molecule has 0 saturated heterocycles. The first-order valence-electron chi connectivity index (χ1n) is 11.4. The Hall–Kier alpha value is -4.43. The van der Waals surface area contributed by atoms with Crippen molar-refractivity contribution in [2.75, 3.05) is 18.5 Å². The summed E-state index contributed by atoms with van der Waals surface area (Å²) in [6.45, 7) is 0. The zero-order chi connectivity index (χ0) is 26.4. The van der Waals surface area contributed by atoms with Gasteiger partial charge in [0.25, 0.3) is 10.0 Å². The molecule has 37 heavy (non-hydrogen) atoms. The van der Waals surface area contributed by atoms with E-state index in [1.165, 1.54) is 38.4 Å². The van der Waals surface area contributed by atoms with E-state index in [0.29, 0.717) is 22.6 Å². The lowest BCUT2D eigenvalue weighted by molar-refractivity contribution is 0.0280. The molecule has 1 unspecified atom stereocenters. The smallest absolute Gasteiger partial charge is 0.339 e. The quantitative estimate of drug-likeness (QED) is 0.222. The molecule has 0 amide bonds. The molecule has 0 aliphatic carbocycles. The lowest BCUT2D eigenvalue weighted by Gasteiger charge is -2.21. The maximum absolute atomic E-state index is 13.2. The summed E-state index contributed by atoms with van der Waals surface area (Å²) in [6.07, 6.45) is -1.16. The highest BCUT2D eigenvalue weighted by Gasteiger charge is 2.28. The largest absolute Gasteiger partial charge is 0.495 e. The molecule has 7 nitrogen and oxygen atoms in total. The van der Waals surface area contributed by atoms with Gasteiger partial charge in [0.15, 0.2) is 6.10 Å². The molecule has 0 aliphatic heterocycles. The molecule has 4 aromatic rings. The fourth-order valence-electron chi connectivity index (χ4n) is 3.77. The molecule has 0 bridgehead atoms. The summed E-state index contributed by atoms with van der Waals surface area (Å²) < 4.78 is 38.4. The van der Waals surface area contributed by atoms with Crippen molar-refractivity contribution in [3.8, 4) is 5.75 Å². The van der Waals surface area contributed by atoms with Crippen LogP contribution in [0.25, 0.3) is 0 Å². The van der Waals surface area contributed by atoms with E-state index in [0.717, 1.165) is 4.31 Å². The van der Waals surface area contributed by atoms with E-state index in [4.69, 9.17) is 9.47 Å². The van der Waals surface area contributed by atoms with Crippen LogP contribution in [0.15, 0.2) is 114 Å². The number of rotatable bonds is 9. The highest BCUT2D eigenvalue weighted by Crippen LogP contribution is 2.31. The van der Waals surface area contributed by atoms with E-state index in [1.807, 2.05) is 0 Å². The number of ether oxygens (including phenoxy) is 2. The summed E-state index contributed by atoms with van der Waals surface area (Å²) in [6, 6.07) is 29.4. The van der Waals surface area contributed by atoms with Crippen LogP contribution in [0.1, 0.15) is 32.4 Å². The van der Waals surface area contributed by atoms with E-state index in [9.17, 15) is 18.0 Å². The van der Waals surface area contributed by atoms with Crippen molar-refractivity contribution in [2.45, 2.75) is 11.0 Å². The van der Waals surface area contributed by atoms with Crippen molar-refractivity contribution >= 4 is 27.5 Å². The van der Waals surface area contributed by atoms with Gasteiger partial charge < -0.3 is 9.47 Å². The number of nitrogens with zero attached hydrogens (tertiary/aromatic N) is 1. The van der Waals surface area contributed by atoms with Gasteiger partial charge in [-0.1, -0.05) is 72.8 Å². The van der Waals surface area contributed by atoms with E-state index in [2.05, 4.69) is 0 Å². The van der Waals surface area contributed by atoms with Gasteiger partial charge in [0.1, 0.15) is 5.75 Å². The molecule has 0 aromatic heterocycles. The summed E-state index contributed by atoms with van der Waals surface area (Å²) in [5.74, 6) is -0.707. The Morgan fingerprint density at radius 1 is 0.730 bits per heavy atom. The molecule has 0 radical (unpaired) electrons. The maximum Gasteiger partial charge on any atom is 0.339 e. The Morgan fingerprint density at radius 2 is 1.30 bits per heavy atom. The summed E-state index contributed by atoms with van der Waals surface area (Å²) in [7, 11) is -1.05. The maximum atomic E-state index is 13.2. The highest BCUT2D eigenvalue weighted by molar-refractivity contribution is 7.92. The Kier molecular flexibility index (Phi) is 7.69. The zero-order valence-electron chi connectivity index (χ0n) is 20.3. The number of carbonyl (C=O) groups is 2. The number of para-hydroxylation sites is 2. The third-order valence-corrected chi connectivity index (χ3v) is 7.58. The number of benzene rings is 4. The molecule has 0 aliphatic rings. The van der Waals surface area contributed by atoms with Gasteiger partial charge in [-0.3, -0.25) is 9.10 Å². The summed E-state index contributed by atoms with van der Waals surface area (Å²) in [5, 5.41) is 0. The third-order valence-electron chi connectivity index (χ3n) is 5.80. The Labute approximate surface area is 215 Å². The van der Waals surface area contributed by atoms with Crippen LogP contribution >= 0.6 is 0 Å². The highest BCUT2D eigenvalue weighted by atomic mass is 32.2. The van der Waals surface area contributed by atoms with Crippen molar-refractivity contribution in [2.24, 2.45) is 0 Å². The molecule has 1 atom stereocenters. The van der Waals surface area contributed by atoms with Crippen LogP contribution in [0.2, 0.25) is 0 Å². The van der Waals surface area contributed by atoms with E-state index >= 15 is 0 Å². The minimum absolute atomic E-state index is 0.0163. The van der Waals surface area contributed by atoms with Crippen molar-refractivity contribution in [3.05, 3.63) is 126 Å². The number of sulfonamides is 1. The van der Waals surface area contributed by atoms with Crippen molar-refractivity contribution in [1.29, 1.82) is 0 Å². The van der Waals surface area contributed by atoms with Crippen LogP contribution in [0.3, 0.4) is 0 Å². The number of hydrogen-bond donors (Lipinski definition) is 0. The molecular formula is C29H25NO6S. The molecule has 8 heteroatoms. The van der Waals surface area contributed by atoms with Crippen LogP contribution in [0.4, 0.5) is 5.69 Å². The first-order valence-corrected chi connectivity index (χ1v) is 12.8. The average molecular weight is 516 g/mol. The Balaban J connectivity index is 1.58. The van der Waals surface area contributed by atoms with Gasteiger partial charge in [-0.25, -0.2) is 13.2 Å². The molecular weight excluding hydrogens is 490 g/mol. The van der Waals surface area contributed by atoms with Gasteiger partial charge in [-0.15, -0.1) is 0 Å². The van der Waals surface area contributed by atoms with Gasteiger partial charge in [-0.05, 0) is 36.4 Å². The molecule has 188 valence electrons. The van der Waals surface area contributed by atoms with Gasteiger partial charge in [0, 0.05) is 18.2 Å². The van der Waals surface area contributed by atoms with Crippen molar-refractivity contribution < 1.29 is 27.5 Å². The average Bonchev–Trinajstić information content (AvgIpc) is 2.96. The molecule has 4 aromatic carbocycles. The van der Waals surface area contributed by atoms with Crippen LogP contribution in [0, 0.1) is 0 Å². The van der Waals surface area contributed by atoms with E-state index in [-0.39, 0.29) is 16.2 Å². The standard InChI is InChI=1S/C29H25NO6S/c1-30(25-15-9-10-16-26(25)35-2)37(33,34)24-19-17-23(18-20-24)29(32)36-28(22-13-7-4-8-14-22)27(31)21-11-5-3-6-12-21/h3-20,28H,1-2H3. The van der Waals surface area contributed by atoms with Crippen LogP contribution in [-0.4, -0.2) is 34.3 Å². The first kappa shape index (κ1) is 25.7. The predicted molar refractivity (Wildman–Crippen MR) is 140 cm³/mol. The molecule has 0 heterocycles. The number of carbonyl (C=O) groups excluding carboxylic acids is 2. The number of anilines is 1. The zero-order valence-corrected chi connectivity index (χ0v) is 21.1. The number of Topliss-reactive ketones (excluding diaryl/α,β-unsaturated/α-hetero) is 1. The SMILES string of the molecule is COc1ccccc1N(C)S(=O)(=O)c1ccc(C(=O)OC(C(=O)c2ccccc2)c2ccccc2)cc1. The molecule has 4 rings (SSSR count). The van der Waals surface area contributed by atoms with Gasteiger partial charge in [-0.2, -0.15) is 0 Å². The summed E-state index contributed by atoms with van der Waals surface area (Å²) >= 11 is 0. The molecule has 0 N–H and O–H groups in total. The first-order chi connectivity index (χ1) is 17.8. The van der Waals surface area contributed by atoms with Gasteiger partial charge >= 0.3 is 5.97 Å². The van der Waals surface area contributed by atoms with Crippen LogP contribution in [-0.2, 0) is 14.8 Å². The van der Waals surface area contributed by atoms with Crippen LogP contribution < -0.4 is 9.04 Å². The molecule has 0 saturated carbocycles. The van der Waals surface area contributed by atoms with E-state index < -0.39 is 22.1 Å². The fourth-order valence-corrected chi connectivity index (χ4v) is 4.98. The second kappa shape index (κ2) is 11.1. The van der Waals surface area contributed by atoms with Crippen LogP contribution in [0.5, 0.6) is 5.75 Å². The normalized spacial score (nSPS) is 11.8. The number of hydrogen-bond acceptors (Lipinski definition) is 6. The van der Waals surface area contributed by atoms with E-state index in [1.54, 1.807) is 84.9 Å². The summed E-state index contributed by atoms with van der Waals surface area (Å²) in [4.78, 5) is 26.2. The molecule has 0 spiro atoms. The topological polar surface area (TPSA) is 90.0 Å². The number of esters is 1.